The SMILES string of the molecule is CN(Cc1cccc(C(=O)NN)n1)Cc1ccco1. The Bertz CT molecular complexity index is 539. The minimum atomic E-state index is -0.393. The van der Waals surface area contributed by atoms with E-state index in [2.05, 4.69) is 10.4 Å². The number of hydrogen-bond acceptors (Lipinski definition) is 5. The van der Waals surface area contributed by atoms with Gasteiger partial charge in [0, 0.05) is 6.54 Å². The average molecular weight is 260 g/mol. The minimum absolute atomic E-state index is 0.311. The number of pyridine rings is 1. The van der Waals surface area contributed by atoms with Gasteiger partial charge in [-0.1, -0.05) is 6.07 Å². The maximum Gasteiger partial charge on any atom is 0.283 e. The Kier molecular flexibility index (Phi) is 4.27. The van der Waals surface area contributed by atoms with Gasteiger partial charge in [-0.3, -0.25) is 15.1 Å². The van der Waals surface area contributed by atoms with Gasteiger partial charge in [0.05, 0.1) is 18.5 Å². The lowest BCUT2D eigenvalue weighted by Crippen LogP contribution is -2.31. The Morgan fingerprint density at radius 2 is 2.21 bits per heavy atom. The van der Waals surface area contributed by atoms with E-state index in [0.29, 0.717) is 18.8 Å². The zero-order chi connectivity index (χ0) is 13.7. The van der Waals surface area contributed by atoms with E-state index in [1.165, 1.54) is 0 Å². The predicted molar refractivity (Wildman–Crippen MR) is 69.8 cm³/mol. The zero-order valence-electron chi connectivity index (χ0n) is 10.7. The summed E-state index contributed by atoms with van der Waals surface area (Å²) >= 11 is 0. The Morgan fingerprint density at radius 3 is 2.89 bits per heavy atom. The van der Waals surface area contributed by atoms with Gasteiger partial charge >= 0.3 is 0 Å². The Balaban J connectivity index is 2.00. The maximum atomic E-state index is 11.4. The third kappa shape index (κ3) is 3.64. The normalized spacial score (nSPS) is 10.7. The molecule has 0 atom stereocenters. The van der Waals surface area contributed by atoms with Crippen LogP contribution in [0.4, 0.5) is 0 Å². The van der Waals surface area contributed by atoms with E-state index in [1.54, 1.807) is 18.4 Å². The first kappa shape index (κ1) is 13.3. The van der Waals surface area contributed by atoms with Crippen LogP contribution in [0.1, 0.15) is 21.9 Å². The number of carbonyl (C=O) groups is 1. The maximum absolute atomic E-state index is 11.4. The number of carbonyl (C=O) groups excluding carboxylic acids is 1. The summed E-state index contributed by atoms with van der Waals surface area (Å²) in [4.78, 5) is 17.7. The largest absolute Gasteiger partial charge is 0.468 e. The van der Waals surface area contributed by atoms with Crippen LogP contribution in [0.15, 0.2) is 41.0 Å². The molecule has 0 saturated heterocycles. The molecule has 2 aromatic heterocycles. The molecular weight excluding hydrogens is 244 g/mol. The number of furan rings is 1. The van der Waals surface area contributed by atoms with E-state index in [-0.39, 0.29) is 0 Å². The van der Waals surface area contributed by atoms with E-state index < -0.39 is 5.91 Å². The van der Waals surface area contributed by atoms with Crippen molar-refractivity contribution in [1.29, 1.82) is 0 Å². The van der Waals surface area contributed by atoms with Crippen molar-refractivity contribution >= 4 is 5.91 Å². The first-order chi connectivity index (χ1) is 9.19. The van der Waals surface area contributed by atoms with Gasteiger partial charge in [0.1, 0.15) is 11.5 Å². The molecule has 0 aliphatic rings. The van der Waals surface area contributed by atoms with Crippen LogP contribution in [0.5, 0.6) is 0 Å². The molecule has 2 rings (SSSR count). The van der Waals surface area contributed by atoms with Gasteiger partial charge in [0.15, 0.2) is 0 Å². The summed E-state index contributed by atoms with van der Waals surface area (Å²) in [5, 5.41) is 0. The number of nitrogens with two attached hydrogens (primary N) is 1. The standard InChI is InChI=1S/C13H16N4O2/c1-17(9-11-5-3-7-19-11)8-10-4-2-6-12(15-10)13(18)16-14/h2-7H,8-9,14H2,1H3,(H,16,18). The average Bonchev–Trinajstić information content (AvgIpc) is 2.90. The molecule has 0 bridgehead atoms. The van der Waals surface area contributed by atoms with Crippen molar-refractivity contribution in [2.45, 2.75) is 13.1 Å². The molecule has 0 aliphatic heterocycles. The number of nitrogen functional groups attached to an aromatic ring is 1. The van der Waals surface area contributed by atoms with Crippen LogP contribution in [-0.2, 0) is 13.1 Å². The molecule has 2 aromatic rings. The van der Waals surface area contributed by atoms with E-state index in [9.17, 15) is 4.79 Å². The van der Waals surface area contributed by atoms with Crippen molar-refractivity contribution < 1.29 is 9.21 Å². The molecule has 0 fully saturated rings. The molecule has 19 heavy (non-hydrogen) atoms. The highest BCUT2D eigenvalue weighted by atomic mass is 16.3. The third-order valence-electron chi connectivity index (χ3n) is 2.61. The predicted octanol–water partition coefficient (Wildman–Crippen LogP) is 0.910. The number of amides is 1. The molecule has 0 aliphatic carbocycles. The van der Waals surface area contributed by atoms with Crippen LogP contribution >= 0.6 is 0 Å². The fourth-order valence-corrected chi connectivity index (χ4v) is 1.77. The molecule has 0 radical (unpaired) electrons. The van der Waals surface area contributed by atoms with Gasteiger partial charge in [0.2, 0.25) is 0 Å². The summed E-state index contributed by atoms with van der Waals surface area (Å²) in [6.45, 7) is 1.30. The Hall–Kier alpha value is -2.18. The number of rotatable bonds is 5. The molecule has 2 heterocycles. The van der Waals surface area contributed by atoms with E-state index in [0.717, 1.165) is 11.5 Å². The molecule has 0 unspecified atom stereocenters. The number of hydrazine groups is 1. The van der Waals surface area contributed by atoms with E-state index in [1.807, 2.05) is 30.1 Å². The van der Waals surface area contributed by atoms with Crippen molar-refractivity contribution in [3.63, 3.8) is 0 Å². The van der Waals surface area contributed by atoms with Crippen molar-refractivity contribution in [2.24, 2.45) is 5.84 Å². The molecule has 0 spiro atoms. The van der Waals surface area contributed by atoms with Gasteiger partial charge in [0.25, 0.3) is 5.91 Å². The van der Waals surface area contributed by atoms with Crippen LogP contribution in [-0.4, -0.2) is 22.8 Å². The number of nitrogens with one attached hydrogen (secondary N) is 1. The van der Waals surface area contributed by atoms with Crippen molar-refractivity contribution in [3.8, 4) is 0 Å². The third-order valence-corrected chi connectivity index (χ3v) is 2.61. The molecule has 0 saturated carbocycles. The molecular formula is C13H16N4O2. The fraction of sp³-hybridized carbons (Fsp3) is 0.231. The smallest absolute Gasteiger partial charge is 0.283 e. The van der Waals surface area contributed by atoms with Crippen LogP contribution in [0.25, 0.3) is 0 Å². The van der Waals surface area contributed by atoms with Gasteiger partial charge in [-0.2, -0.15) is 0 Å². The van der Waals surface area contributed by atoms with Crippen LogP contribution in [0.3, 0.4) is 0 Å². The molecule has 6 nitrogen and oxygen atoms in total. The highest BCUT2D eigenvalue weighted by Gasteiger charge is 2.08. The van der Waals surface area contributed by atoms with Crippen molar-refractivity contribution in [3.05, 3.63) is 53.7 Å². The highest BCUT2D eigenvalue weighted by Crippen LogP contribution is 2.07. The van der Waals surface area contributed by atoms with Gasteiger partial charge in [-0.15, -0.1) is 0 Å². The van der Waals surface area contributed by atoms with E-state index >= 15 is 0 Å². The summed E-state index contributed by atoms with van der Waals surface area (Å²) in [6.07, 6.45) is 1.65. The fourth-order valence-electron chi connectivity index (χ4n) is 1.77. The topological polar surface area (TPSA) is 84.4 Å². The first-order valence-corrected chi connectivity index (χ1v) is 5.87. The quantitative estimate of drug-likeness (QED) is 0.474. The lowest BCUT2D eigenvalue weighted by atomic mass is 10.2. The Morgan fingerprint density at radius 1 is 1.37 bits per heavy atom. The summed E-state index contributed by atoms with van der Waals surface area (Å²) in [5.41, 5.74) is 3.18. The molecule has 6 heteroatoms. The molecule has 0 aromatic carbocycles. The van der Waals surface area contributed by atoms with Crippen molar-refractivity contribution in [1.82, 2.24) is 15.3 Å². The van der Waals surface area contributed by atoms with Gasteiger partial charge in [-0.25, -0.2) is 10.8 Å². The number of hydrogen-bond donors (Lipinski definition) is 2. The summed E-state index contributed by atoms with van der Waals surface area (Å²) in [7, 11) is 1.96. The van der Waals surface area contributed by atoms with Gasteiger partial charge < -0.3 is 4.42 Å². The van der Waals surface area contributed by atoms with Gasteiger partial charge in [-0.05, 0) is 31.3 Å². The van der Waals surface area contributed by atoms with Crippen LogP contribution < -0.4 is 11.3 Å². The van der Waals surface area contributed by atoms with Crippen LogP contribution in [0.2, 0.25) is 0 Å². The lowest BCUT2D eigenvalue weighted by Gasteiger charge is -2.14. The second-order valence-corrected chi connectivity index (χ2v) is 4.24. The number of aromatic nitrogens is 1. The number of nitrogens with zero attached hydrogens (tertiary/aromatic N) is 2. The summed E-state index contributed by atoms with van der Waals surface area (Å²) < 4.78 is 5.28. The highest BCUT2D eigenvalue weighted by molar-refractivity contribution is 5.91. The van der Waals surface area contributed by atoms with E-state index in [4.69, 9.17) is 10.3 Å². The monoisotopic (exact) mass is 260 g/mol. The summed E-state index contributed by atoms with van der Waals surface area (Å²) in [6, 6.07) is 9.05. The van der Waals surface area contributed by atoms with Crippen LogP contribution in [0, 0.1) is 0 Å². The molecule has 1 amide bonds. The zero-order valence-corrected chi connectivity index (χ0v) is 10.7. The first-order valence-electron chi connectivity index (χ1n) is 5.87. The molecule has 3 N–H and O–H groups in total. The second kappa shape index (κ2) is 6.12. The molecule has 100 valence electrons. The van der Waals surface area contributed by atoms with Crippen molar-refractivity contribution in [2.75, 3.05) is 7.05 Å². The Labute approximate surface area is 111 Å². The lowest BCUT2D eigenvalue weighted by molar-refractivity contribution is 0.0948. The minimum Gasteiger partial charge on any atom is -0.468 e. The summed E-state index contributed by atoms with van der Waals surface area (Å²) in [5.74, 6) is 5.58. The second-order valence-electron chi connectivity index (χ2n) is 4.24.